The molecule has 0 aliphatic heterocycles. The van der Waals surface area contributed by atoms with Crippen LogP contribution in [0.2, 0.25) is 0 Å². The molecule has 0 amide bonds. The van der Waals surface area contributed by atoms with Crippen LogP contribution < -0.4 is 4.90 Å². The Morgan fingerprint density at radius 2 is 2.06 bits per heavy atom. The molecule has 1 aromatic rings. The largest absolute Gasteiger partial charge is 0.465 e. The maximum absolute atomic E-state index is 10.3. The Bertz CT molecular complexity index is 387. The van der Waals surface area contributed by atoms with Crippen molar-refractivity contribution < 1.29 is 9.53 Å². The lowest BCUT2D eigenvalue weighted by atomic mass is 9.76. The van der Waals surface area contributed by atoms with Crippen molar-refractivity contribution in [3.63, 3.8) is 0 Å². The molecule has 4 heteroatoms. The molecule has 0 bridgehead atoms. The average molecular weight is 298 g/mol. The van der Waals surface area contributed by atoms with Gasteiger partial charge in [-0.2, -0.15) is 0 Å². The number of halogens is 1. The van der Waals surface area contributed by atoms with Crippen LogP contribution in [0.5, 0.6) is 0 Å². The first-order chi connectivity index (χ1) is 8.18. The number of benzene rings is 1. The van der Waals surface area contributed by atoms with Crippen LogP contribution in [0, 0.1) is 0 Å². The molecule has 0 atom stereocenters. The molecule has 0 spiro atoms. The Hall–Kier alpha value is -1.03. The van der Waals surface area contributed by atoms with Gasteiger partial charge in [-0.05, 0) is 43.5 Å². The quantitative estimate of drug-likeness (QED) is 0.783. The van der Waals surface area contributed by atoms with Crippen LogP contribution in [0.3, 0.4) is 0 Å². The van der Waals surface area contributed by atoms with Gasteiger partial charge in [-0.15, -0.1) is 0 Å². The molecule has 17 heavy (non-hydrogen) atoms. The summed E-state index contributed by atoms with van der Waals surface area (Å²) in [5.74, 6) is 0. The van der Waals surface area contributed by atoms with Crippen molar-refractivity contribution in [1.82, 2.24) is 0 Å². The molecule has 0 heterocycles. The molecule has 92 valence electrons. The van der Waals surface area contributed by atoms with E-state index in [1.54, 1.807) is 0 Å². The highest BCUT2D eigenvalue weighted by molar-refractivity contribution is 9.10. The minimum absolute atomic E-state index is 0.00522. The lowest BCUT2D eigenvalue weighted by Gasteiger charge is -2.49. The second-order valence-corrected chi connectivity index (χ2v) is 5.44. The average Bonchev–Trinajstić information content (AvgIpc) is 2.28. The third-order valence-electron chi connectivity index (χ3n) is 3.63. The van der Waals surface area contributed by atoms with E-state index in [1.165, 1.54) is 6.42 Å². The van der Waals surface area contributed by atoms with Crippen LogP contribution in [0.4, 0.5) is 5.69 Å². The van der Waals surface area contributed by atoms with E-state index in [9.17, 15) is 4.79 Å². The molecule has 0 saturated heterocycles. The van der Waals surface area contributed by atoms with Gasteiger partial charge in [0.2, 0.25) is 0 Å². The summed E-state index contributed by atoms with van der Waals surface area (Å²) in [6, 6.07) is 8.20. The minimum atomic E-state index is -0.00522. The van der Waals surface area contributed by atoms with Crippen molar-refractivity contribution in [1.29, 1.82) is 0 Å². The third-order valence-corrected chi connectivity index (χ3v) is 4.16. The van der Waals surface area contributed by atoms with Crippen LogP contribution in [-0.4, -0.2) is 25.7 Å². The highest BCUT2D eigenvalue weighted by Gasteiger charge is 2.41. The summed E-state index contributed by atoms with van der Waals surface area (Å²) < 4.78 is 6.05. The first-order valence-electron chi connectivity index (χ1n) is 5.73. The summed E-state index contributed by atoms with van der Waals surface area (Å²) in [5, 5.41) is 0. The van der Waals surface area contributed by atoms with Gasteiger partial charge in [0.15, 0.2) is 0 Å². The van der Waals surface area contributed by atoms with E-state index in [0.29, 0.717) is 13.1 Å². The number of nitrogens with zero attached hydrogens (tertiary/aromatic N) is 1. The normalized spacial score (nSPS) is 17.1. The lowest BCUT2D eigenvalue weighted by Crippen LogP contribution is -2.55. The Morgan fingerprint density at radius 1 is 1.41 bits per heavy atom. The monoisotopic (exact) mass is 297 g/mol. The number of hydrogen-bond acceptors (Lipinski definition) is 3. The van der Waals surface area contributed by atoms with Gasteiger partial charge in [0.1, 0.15) is 6.61 Å². The molecule has 0 unspecified atom stereocenters. The fourth-order valence-electron chi connectivity index (χ4n) is 2.29. The van der Waals surface area contributed by atoms with E-state index in [0.717, 1.165) is 23.0 Å². The van der Waals surface area contributed by atoms with Crippen molar-refractivity contribution in [2.24, 2.45) is 0 Å². The molecule has 1 aliphatic carbocycles. The Morgan fingerprint density at radius 3 is 2.53 bits per heavy atom. The van der Waals surface area contributed by atoms with Crippen molar-refractivity contribution in [3.8, 4) is 0 Å². The third kappa shape index (κ3) is 2.46. The van der Waals surface area contributed by atoms with E-state index >= 15 is 0 Å². The summed E-state index contributed by atoms with van der Waals surface area (Å²) >= 11 is 3.43. The van der Waals surface area contributed by atoms with Gasteiger partial charge in [0.05, 0.1) is 5.54 Å². The van der Waals surface area contributed by atoms with Gasteiger partial charge in [-0.25, -0.2) is 0 Å². The fourth-order valence-corrected chi connectivity index (χ4v) is 2.55. The second kappa shape index (κ2) is 5.08. The standard InChI is InChI=1S/C13H16BrNO2/c1-15(12-5-3-11(14)4-6-12)13(7-2-8-13)9-17-10-16/h3-6,10H,2,7-9H2,1H3. The van der Waals surface area contributed by atoms with Gasteiger partial charge in [0, 0.05) is 17.2 Å². The number of carbonyl (C=O) groups excluding carboxylic acids is 1. The van der Waals surface area contributed by atoms with Gasteiger partial charge >= 0.3 is 0 Å². The predicted octanol–water partition coefficient (Wildman–Crippen LogP) is 2.98. The summed E-state index contributed by atoms with van der Waals surface area (Å²) in [6.45, 7) is 1.01. The number of ether oxygens (including phenoxy) is 1. The first kappa shape index (κ1) is 12.4. The number of carbonyl (C=O) groups is 1. The van der Waals surface area contributed by atoms with E-state index in [-0.39, 0.29) is 5.54 Å². The Labute approximate surface area is 110 Å². The number of likely N-dealkylation sites (N-methyl/N-ethyl adjacent to an activating group) is 1. The van der Waals surface area contributed by atoms with Crippen LogP contribution in [0.1, 0.15) is 19.3 Å². The predicted molar refractivity (Wildman–Crippen MR) is 71.1 cm³/mol. The van der Waals surface area contributed by atoms with E-state index in [2.05, 4.69) is 40.0 Å². The van der Waals surface area contributed by atoms with Crippen molar-refractivity contribution in [2.75, 3.05) is 18.6 Å². The van der Waals surface area contributed by atoms with Gasteiger partial charge in [-0.1, -0.05) is 15.9 Å². The summed E-state index contributed by atoms with van der Waals surface area (Å²) in [7, 11) is 2.07. The highest BCUT2D eigenvalue weighted by Crippen LogP contribution is 2.39. The lowest BCUT2D eigenvalue weighted by molar-refractivity contribution is -0.131. The van der Waals surface area contributed by atoms with Gasteiger partial charge < -0.3 is 9.64 Å². The minimum Gasteiger partial charge on any atom is -0.465 e. The molecule has 1 aromatic carbocycles. The smallest absolute Gasteiger partial charge is 0.293 e. The molecule has 2 rings (SSSR count). The molecule has 1 saturated carbocycles. The zero-order valence-electron chi connectivity index (χ0n) is 9.86. The molecule has 1 fully saturated rings. The number of rotatable bonds is 5. The van der Waals surface area contributed by atoms with Crippen molar-refractivity contribution in [2.45, 2.75) is 24.8 Å². The van der Waals surface area contributed by atoms with E-state index in [1.807, 2.05) is 12.1 Å². The molecule has 0 aromatic heterocycles. The topological polar surface area (TPSA) is 29.5 Å². The van der Waals surface area contributed by atoms with E-state index in [4.69, 9.17) is 4.74 Å². The summed E-state index contributed by atoms with van der Waals surface area (Å²) in [6.07, 6.45) is 3.35. The summed E-state index contributed by atoms with van der Waals surface area (Å²) in [4.78, 5) is 12.6. The molecular weight excluding hydrogens is 282 g/mol. The maximum Gasteiger partial charge on any atom is 0.293 e. The fraction of sp³-hybridized carbons (Fsp3) is 0.462. The van der Waals surface area contributed by atoms with Crippen molar-refractivity contribution >= 4 is 28.1 Å². The SMILES string of the molecule is CN(c1ccc(Br)cc1)C1(COC=O)CCC1. The Balaban J connectivity index is 2.13. The van der Waals surface area contributed by atoms with Crippen LogP contribution >= 0.6 is 15.9 Å². The molecule has 1 aliphatic rings. The molecule has 0 radical (unpaired) electrons. The molecule has 3 nitrogen and oxygen atoms in total. The van der Waals surface area contributed by atoms with E-state index < -0.39 is 0 Å². The zero-order valence-corrected chi connectivity index (χ0v) is 11.4. The zero-order chi connectivity index (χ0) is 12.3. The second-order valence-electron chi connectivity index (χ2n) is 4.52. The highest BCUT2D eigenvalue weighted by atomic mass is 79.9. The maximum atomic E-state index is 10.3. The van der Waals surface area contributed by atoms with Gasteiger partial charge in [-0.3, -0.25) is 4.79 Å². The van der Waals surface area contributed by atoms with Crippen LogP contribution in [0.15, 0.2) is 28.7 Å². The summed E-state index contributed by atoms with van der Waals surface area (Å²) in [5.41, 5.74) is 1.15. The molecule has 0 N–H and O–H groups in total. The number of anilines is 1. The van der Waals surface area contributed by atoms with Crippen LogP contribution in [-0.2, 0) is 9.53 Å². The van der Waals surface area contributed by atoms with Crippen molar-refractivity contribution in [3.05, 3.63) is 28.7 Å². The Kier molecular flexibility index (Phi) is 3.72. The molecular formula is C13H16BrNO2. The van der Waals surface area contributed by atoms with Gasteiger partial charge in [0.25, 0.3) is 6.47 Å². The first-order valence-corrected chi connectivity index (χ1v) is 6.52. The van der Waals surface area contributed by atoms with Crippen LogP contribution in [0.25, 0.3) is 0 Å². The number of hydrogen-bond donors (Lipinski definition) is 0.